The summed E-state index contributed by atoms with van der Waals surface area (Å²) < 4.78 is 6.61. The van der Waals surface area contributed by atoms with Crippen LogP contribution >= 0.6 is 15.9 Å². The Morgan fingerprint density at radius 3 is 2.89 bits per heavy atom. The molecule has 0 saturated carbocycles. The first-order valence-electron chi connectivity index (χ1n) is 6.34. The van der Waals surface area contributed by atoms with Crippen LogP contribution in [0.15, 0.2) is 47.2 Å². The quantitative estimate of drug-likeness (QED) is 0.849. The van der Waals surface area contributed by atoms with Crippen LogP contribution in [0.3, 0.4) is 0 Å². The fourth-order valence-corrected chi connectivity index (χ4v) is 2.59. The van der Waals surface area contributed by atoms with Crippen molar-refractivity contribution in [2.45, 2.75) is 13.0 Å². The number of benzene rings is 1. The summed E-state index contributed by atoms with van der Waals surface area (Å²) in [7, 11) is 0. The van der Waals surface area contributed by atoms with Crippen LogP contribution in [0.5, 0.6) is 5.75 Å². The van der Waals surface area contributed by atoms with Crippen LogP contribution in [0, 0.1) is 5.92 Å². The van der Waals surface area contributed by atoms with Gasteiger partial charge in [-0.05, 0) is 34.1 Å². The molecule has 1 aromatic carbocycles. The number of aromatic nitrogens is 1. The highest BCUT2D eigenvalue weighted by Crippen LogP contribution is 2.37. The number of anilines is 1. The van der Waals surface area contributed by atoms with Crippen molar-refractivity contribution < 1.29 is 4.74 Å². The number of nitrogens with one attached hydrogen (secondary N) is 1. The fourth-order valence-electron chi connectivity index (χ4n) is 2.35. The van der Waals surface area contributed by atoms with Gasteiger partial charge in [0.2, 0.25) is 0 Å². The highest BCUT2D eigenvalue weighted by atomic mass is 79.9. The van der Waals surface area contributed by atoms with E-state index in [9.17, 15) is 0 Å². The highest BCUT2D eigenvalue weighted by molar-refractivity contribution is 9.10. The highest BCUT2D eigenvalue weighted by Gasteiger charge is 2.27. The summed E-state index contributed by atoms with van der Waals surface area (Å²) >= 11 is 3.35. The maximum Gasteiger partial charge on any atom is 0.124 e. The van der Waals surface area contributed by atoms with Gasteiger partial charge in [0.15, 0.2) is 0 Å². The van der Waals surface area contributed by atoms with E-state index in [1.54, 1.807) is 0 Å². The summed E-state index contributed by atoms with van der Waals surface area (Å²) in [5.74, 6) is 1.39. The maximum atomic E-state index is 5.76. The molecule has 2 heterocycles. The van der Waals surface area contributed by atoms with E-state index in [-0.39, 0.29) is 6.04 Å². The second-order valence-electron chi connectivity index (χ2n) is 4.82. The average molecular weight is 319 g/mol. The second kappa shape index (κ2) is 5.21. The number of fused-ring (bicyclic) bond motifs is 1. The van der Waals surface area contributed by atoms with Crippen molar-refractivity contribution in [2.75, 3.05) is 11.9 Å². The van der Waals surface area contributed by atoms with Gasteiger partial charge < -0.3 is 10.1 Å². The molecule has 3 nitrogen and oxygen atoms in total. The zero-order valence-electron chi connectivity index (χ0n) is 10.6. The summed E-state index contributed by atoms with van der Waals surface area (Å²) in [6, 6.07) is 12.4. The molecule has 4 heteroatoms. The minimum Gasteiger partial charge on any atom is -0.493 e. The van der Waals surface area contributed by atoms with Crippen molar-refractivity contribution in [3.05, 3.63) is 52.8 Å². The number of hydrogen-bond acceptors (Lipinski definition) is 3. The molecule has 3 rings (SSSR count). The number of ether oxygens (including phenoxy) is 1. The minimum absolute atomic E-state index is 0.257. The topological polar surface area (TPSA) is 34.1 Å². The van der Waals surface area contributed by atoms with Crippen LogP contribution in [-0.4, -0.2) is 11.6 Å². The van der Waals surface area contributed by atoms with Gasteiger partial charge in [-0.3, -0.25) is 0 Å². The van der Waals surface area contributed by atoms with Crippen molar-refractivity contribution >= 4 is 21.6 Å². The largest absolute Gasteiger partial charge is 0.493 e. The molecule has 0 radical (unpaired) electrons. The minimum atomic E-state index is 0.257. The Morgan fingerprint density at radius 1 is 1.26 bits per heavy atom. The smallest absolute Gasteiger partial charge is 0.124 e. The summed E-state index contributed by atoms with van der Waals surface area (Å²) in [6.45, 7) is 2.93. The third kappa shape index (κ3) is 2.59. The Hall–Kier alpha value is -1.55. The van der Waals surface area contributed by atoms with Crippen LogP contribution in [0.2, 0.25) is 0 Å². The number of rotatable bonds is 2. The summed E-state index contributed by atoms with van der Waals surface area (Å²) in [5, 5.41) is 3.55. The standard InChI is InChI=1S/C15H15BrN2O/c1-10-9-19-13-5-3-2-4-12(13)15(10)18-11-6-7-14(16)17-8-11/h2-8,10,15,18H,9H2,1H3. The molecule has 0 fully saturated rings. The van der Waals surface area contributed by atoms with Gasteiger partial charge in [-0.1, -0.05) is 25.1 Å². The SMILES string of the molecule is CC1COc2ccccc2C1Nc1ccc(Br)nc1. The number of halogens is 1. The van der Waals surface area contributed by atoms with Gasteiger partial charge in [0.25, 0.3) is 0 Å². The van der Waals surface area contributed by atoms with E-state index in [1.807, 2.05) is 30.5 Å². The Balaban J connectivity index is 1.89. The van der Waals surface area contributed by atoms with Crippen LogP contribution in [0.4, 0.5) is 5.69 Å². The third-order valence-corrected chi connectivity index (χ3v) is 3.84. The molecule has 2 atom stereocenters. The van der Waals surface area contributed by atoms with E-state index in [0.717, 1.165) is 22.6 Å². The molecule has 0 saturated heterocycles. The molecule has 2 unspecified atom stereocenters. The molecule has 1 N–H and O–H groups in total. The van der Waals surface area contributed by atoms with Crippen LogP contribution < -0.4 is 10.1 Å². The molecule has 0 aliphatic carbocycles. The zero-order chi connectivity index (χ0) is 13.2. The molecule has 0 bridgehead atoms. The zero-order valence-corrected chi connectivity index (χ0v) is 12.2. The molecule has 1 aliphatic heterocycles. The normalized spacial score (nSPS) is 21.4. The molecule has 0 spiro atoms. The number of hydrogen-bond donors (Lipinski definition) is 1. The lowest BCUT2D eigenvalue weighted by molar-refractivity contribution is 0.214. The summed E-state index contributed by atoms with van der Waals surface area (Å²) in [4.78, 5) is 4.25. The van der Waals surface area contributed by atoms with E-state index in [1.165, 1.54) is 5.56 Å². The Bertz CT molecular complexity index is 571. The predicted octanol–water partition coefficient (Wildman–Crippen LogP) is 4.03. The fraction of sp³-hybridized carbons (Fsp3) is 0.267. The first-order valence-corrected chi connectivity index (χ1v) is 7.13. The number of para-hydroxylation sites is 1. The van der Waals surface area contributed by atoms with E-state index >= 15 is 0 Å². The molecule has 1 aromatic heterocycles. The predicted molar refractivity (Wildman–Crippen MR) is 79.4 cm³/mol. The molecule has 1 aliphatic rings. The van der Waals surface area contributed by atoms with Crippen molar-refractivity contribution in [3.8, 4) is 5.75 Å². The van der Waals surface area contributed by atoms with Crippen molar-refractivity contribution in [1.29, 1.82) is 0 Å². The van der Waals surface area contributed by atoms with Crippen LogP contribution in [-0.2, 0) is 0 Å². The van der Waals surface area contributed by atoms with Gasteiger partial charge in [0.05, 0.1) is 24.5 Å². The van der Waals surface area contributed by atoms with Gasteiger partial charge in [-0.2, -0.15) is 0 Å². The van der Waals surface area contributed by atoms with Gasteiger partial charge in [-0.25, -0.2) is 4.98 Å². The van der Waals surface area contributed by atoms with Crippen molar-refractivity contribution in [2.24, 2.45) is 5.92 Å². The molecule has 0 amide bonds. The monoisotopic (exact) mass is 318 g/mol. The van der Waals surface area contributed by atoms with E-state index in [4.69, 9.17) is 4.74 Å². The van der Waals surface area contributed by atoms with Gasteiger partial charge in [-0.15, -0.1) is 0 Å². The first kappa shape index (κ1) is 12.5. The Labute approximate surface area is 121 Å². The summed E-state index contributed by atoms with van der Waals surface area (Å²) in [6.07, 6.45) is 1.84. The molecular formula is C15H15BrN2O. The van der Waals surface area contributed by atoms with E-state index in [2.05, 4.69) is 45.3 Å². The van der Waals surface area contributed by atoms with Crippen molar-refractivity contribution in [3.63, 3.8) is 0 Å². The molecule has 2 aromatic rings. The van der Waals surface area contributed by atoms with Gasteiger partial charge in [0.1, 0.15) is 10.4 Å². The molecule has 19 heavy (non-hydrogen) atoms. The van der Waals surface area contributed by atoms with Crippen LogP contribution in [0.25, 0.3) is 0 Å². The second-order valence-corrected chi connectivity index (χ2v) is 5.63. The molecular weight excluding hydrogens is 304 g/mol. The number of nitrogens with zero attached hydrogens (tertiary/aromatic N) is 1. The lowest BCUT2D eigenvalue weighted by Crippen LogP contribution is -2.28. The van der Waals surface area contributed by atoms with E-state index in [0.29, 0.717) is 5.92 Å². The number of pyridine rings is 1. The van der Waals surface area contributed by atoms with Gasteiger partial charge >= 0.3 is 0 Å². The summed E-state index contributed by atoms with van der Waals surface area (Å²) in [5.41, 5.74) is 2.24. The lowest BCUT2D eigenvalue weighted by atomic mass is 9.92. The maximum absolute atomic E-state index is 5.76. The van der Waals surface area contributed by atoms with Gasteiger partial charge in [0, 0.05) is 11.5 Å². The van der Waals surface area contributed by atoms with E-state index < -0.39 is 0 Å². The Morgan fingerprint density at radius 2 is 2.11 bits per heavy atom. The van der Waals surface area contributed by atoms with Crippen LogP contribution in [0.1, 0.15) is 18.5 Å². The van der Waals surface area contributed by atoms with Crippen molar-refractivity contribution in [1.82, 2.24) is 4.98 Å². The third-order valence-electron chi connectivity index (χ3n) is 3.37. The average Bonchev–Trinajstić information content (AvgIpc) is 2.44. The Kier molecular flexibility index (Phi) is 3.42. The first-order chi connectivity index (χ1) is 9.24. The molecule has 98 valence electrons. The lowest BCUT2D eigenvalue weighted by Gasteiger charge is -2.32.